The van der Waals surface area contributed by atoms with Gasteiger partial charge in [-0.2, -0.15) is 0 Å². The molecule has 4 aliphatic rings. The number of esters is 3. The quantitative estimate of drug-likeness (QED) is 0.119. The third-order valence-electron chi connectivity index (χ3n) is 12.5. The summed E-state index contributed by atoms with van der Waals surface area (Å²) in [5.41, 5.74) is -3.60. The predicted octanol–water partition coefficient (Wildman–Crippen LogP) is 3.48. The highest BCUT2D eigenvalue weighted by Crippen LogP contribution is 2.67. The number of rotatable bonds is 8. The number of amides is 1. The molecule has 1 heterocycles. The number of benzene rings is 1. The highest BCUT2D eigenvalue weighted by Gasteiger charge is 2.75. The monoisotopic (exact) mass is 713 g/mol. The molecule has 2 radical (unpaired) electrons. The molecule has 1 aliphatic heterocycles. The Morgan fingerprint density at radius 2 is 1.70 bits per heavy atom. The molecule has 272 valence electrons. The minimum atomic E-state index is -1.68. The molecule has 13 atom stereocenters. The van der Waals surface area contributed by atoms with Crippen LogP contribution in [-0.4, -0.2) is 90.1 Å². The van der Waals surface area contributed by atoms with E-state index in [1.165, 1.54) is 13.8 Å². The SMILES string of the molecule is [B]C(=O)N[C@@H](c1ccccc1)[C@@H](OP)C(=O)O[C@H]1C[C@@]2(O)[C@@H](C)[C@@H]3[C@]4(OC(C)=O)CO[C@@H]4C[C@H](C)[C@@]3(C)[C@@H](O)[C@H](OC(C)=O)C(=C1C)C2(C)C. The normalized spacial score (nSPS) is 38.4. The highest BCUT2D eigenvalue weighted by molar-refractivity contribution is 7.09. The molecule has 3 aliphatic carbocycles. The van der Waals surface area contributed by atoms with Crippen LogP contribution in [0.25, 0.3) is 0 Å². The number of fused-ring (bicyclic) bond motifs is 5. The molecule has 50 heavy (non-hydrogen) atoms. The summed E-state index contributed by atoms with van der Waals surface area (Å²) >= 11 is 0. The summed E-state index contributed by atoms with van der Waals surface area (Å²) in [4.78, 5) is 51.6. The number of carbonyl (C=O) groups is 4. The van der Waals surface area contributed by atoms with Crippen molar-refractivity contribution in [2.75, 3.05) is 6.61 Å². The summed E-state index contributed by atoms with van der Waals surface area (Å²) in [5.74, 6) is -4.49. The van der Waals surface area contributed by atoms with E-state index in [2.05, 4.69) is 5.32 Å². The lowest BCUT2D eigenvalue weighted by Crippen LogP contribution is -2.79. The molecule has 12 nitrogen and oxygen atoms in total. The molecule has 1 amide bonds. The first-order valence-electron chi connectivity index (χ1n) is 17.0. The Hall–Kier alpha value is -2.83. The van der Waals surface area contributed by atoms with Gasteiger partial charge >= 0.3 is 17.9 Å². The van der Waals surface area contributed by atoms with Crippen LogP contribution in [0, 0.1) is 28.6 Å². The number of ether oxygens (including phenoxy) is 4. The van der Waals surface area contributed by atoms with E-state index in [1.807, 2.05) is 44.1 Å². The van der Waals surface area contributed by atoms with Crippen molar-refractivity contribution in [3.8, 4) is 0 Å². The Morgan fingerprint density at radius 1 is 1.06 bits per heavy atom. The number of aliphatic hydroxyl groups excluding tert-OH is 1. The molecule has 2 saturated carbocycles. The van der Waals surface area contributed by atoms with Crippen LogP contribution in [0.2, 0.25) is 0 Å². The van der Waals surface area contributed by atoms with Crippen LogP contribution in [0.5, 0.6) is 0 Å². The van der Waals surface area contributed by atoms with Crippen molar-refractivity contribution in [1.29, 1.82) is 0 Å². The van der Waals surface area contributed by atoms with Gasteiger partial charge in [0, 0.05) is 46.5 Å². The third kappa shape index (κ3) is 5.91. The second kappa shape index (κ2) is 13.6. The smallest absolute Gasteiger partial charge is 0.338 e. The van der Waals surface area contributed by atoms with Gasteiger partial charge in [-0.05, 0) is 41.9 Å². The van der Waals surface area contributed by atoms with Gasteiger partial charge in [-0.25, -0.2) is 4.79 Å². The van der Waals surface area contributed by atoms with Gasteiger partial charge in [0.05, 0.1) is 18.2 Å². The Morgan fingerprint density at radius 3 is 2.22 bits per heavy atom. The number of nitrogens with one attached hydrogen (secondary N) is 1. The van der Waals surface area contributed by atoms with Gasteiger partial charge in [-0.15, -0.1) is 0 Å². The van der Waals surface area contributed by atoms with E-state index >= 15 is 0 Å². The number of carbonyl (C=O) groups excluding carboxylic acids is 4. The maximum absolute atomic E-state index is 14.1. The molecule has 1 aromatic carbocycles. The van der Waals surface area contributed by atoms with Crippen molar-refractivity contribution in [1.82, 2.24) is 5.32 Å². The summed E-state index contributed by atoms with van der Waals surface area (Å²) in [7, 11) is 7.52. The lowest BCUT2D eigenvalue weighted by Gasteiger charge is -2.70. The predicted molar refractivity (Wildman–Crippen MR) is 184 cm³/mol. The van der Waals surface area contributed by atoms with Crippen molar-refractivity contribution in [2.24, 2.45) is 28.6 Å². The van der Waals surface area contributed by atoms with Crippen molar-refractivity contribution in [3.63, 3.8) is 0 Å². The van der Waals surface area contributed by atoms with E-state index in [-0.39, 0.29) is 18.9 Å². The number of aliphatic hydroxyl groups is 2. The summed E-state index contributed by atoms with van der Waals surface area (Å²) in [6.45, 7) is 13.8. The second-order valence-electron chi connectivity index (χ2n) is 15.3. The van der Waals surface area contributed by atoms with Gasteiger partial charge < -0.3 is 39.0 Å². The largest absolute Gasteiger partial charge is 0.456 e. The number of hydrogen-bond donors (Lipinski definition) is 3. The molecule has 1 aromatic rings. The summed E-state index contributed by atoms with van der Waals surface area (Å²) in [6.07, 6.45) is -5.14. The highest BCUT2D eigenvalue weighted by atomic mass is 31.0. The first-order valence-corrected chi connectivity index (χ1v) is 17.5. The van der Waals surface area contributed by atoms with Crippen LogP contribution in [0.1, 0.15) is 79.8 Å². The molecule has 3 N–H and O–H groups in total. The number of hydrogen-bond acceptors (Lipinski definition) is 11. The lowest BCUT2D eigenvalue weighted by molar-refractivity contribution is -0.351. The van der Waals surface area contributed by atoms with E-state index in [4.69, 9.17) is 31.3 Å². The van der Waals surface area contributed by atoms with Crippen LogP contribution < -0.4 is 5.32 Å². The zero-order valence-electron chi connectivity index (χ0n) is 29.9. The Labute approximate surface area is 297 Å². The van der Waals surface area contributed by atoms with Crippen LogP contribution in [-0.2, 0) is 37.9 Å². The third-order valence-corrected chi connectivity index (χ3v) is 12.8. The van der Waals surface area contributed by atoms with Crippen molar-refractivity contribution >= 4 is 41.0 Å². The molecule has 1 unspecified atom stereocenters. The van der Waals surface area contributed by atoms with Gasteiger partial charge in [0.2, 0.25) is 7.85 Å². The summed E-state index contributed by atoms with van der Waals surface area (Å²) in [6, 6.07) is 7.62. The second-order valence-corrected chi connectivity index (χ2v) is 15.6. The van der Waals surface area contributed by atoms with Crippen molar-refractivity contribution < 1.29 is 52.9 Å². The van der Waals surface area contributed by atoms with E-state index in [1.54, 1.807) is 37.3 Å². The topological polar surface area (TPSA) is 167 Å². The van der Waals surface area contributed by atoms with E-state index in [0.717, 1.165) is 0 Å². The Balaban J connectivity index is 1.67. The van der Waals surface area contributed by atoms with Crippen LogP contribution >= 0.6 is 9.47 Å². The zero-order valence-corrected chi connectivity index (χ0v) is 31.1. The fourth-order valence-corrected chi connectivity index (χ4v) is 10.2. The van der Waals surface area contributed by atoms with Gasteiger partial charge in [-0.1, -0.05) is 65.0 Å². The molecule has 5 rings (SSSR count). The molecular formula is C36H49BNO11P. The van der Waals surface area contributed by atoms with Gasteiger partial charge in [-0.3, -0.25) is 14.4 Å². The maximum atomic E-state index is 14.1. The van der Waals surface area contributed by atoms with E-state index in [0.29, 0.717) is 23.1 Å². The fourth-order valence-electron chi connectivity index (χ4n) is 9.94. The fraction of sp³-hybridized carbons (Fsp3) is 0.667. The minimum absolute atomic E-state index is 0.0666. The van der Waals surface area contributed by atoms with Crippen molar-refractivity contribution in [2.45, 2.75) is 116 Å². The molecule has 0 aromatic heterocycles. The summed E-state index contributed by atoms with van der Waals surface area (Å²) in [5, 5.41) is 28.4. The first kappa shape index (κ1) is 38.4. The van der Waals surface area contributed by atoms with E-state index in [9.17, 15) is 29.4 Å². The molecule has 1 saturated heterocycles. The lowest BCUT2D eigenvalue weighted by atomic mass is 9.41. The van der Waals surface area contributed by atoms with Crippen LogP contribution in [0.15, 0.2) is 41.5 Å². The van der Waals surface area contributed by atoms with Crippen LogP contribution in [0.3, 0.4) is 0 Å². The van der Waals surface area contributed by atoms with Crippen molar-refractivity contribution in [3.05, 3.63) is 47.0 Å². The average molecular weight is 714 g/mol. The van der Waals surface area contributed by atoms with Gasteiger partial charge in [0.1, 0.15) is 18.3 Å². The maximum Gasteiger partial charge on any atom is 0.338 e. The van der Waals surface area contributed by atoms with Crippen LogP contribution in [0.4, 0.5) is 4.79 Å². The molecule has 0 spiro atoms. The summed E-state index contributed by atoms with van der Waals surface area (Å²) < 4.78 is 29.9. The molecule has 14 heteroatoms. The standard InChI is InChI=1S/C36H49BNO11P/c1-17-14-24-35(16-45-24,48-21(5)40)29-19(3)36(44)15-23(18(2)25(33(36,6)7)27(46-20(4)39)30(41)34(17,29)8)47-31(42)28(49-50)26(38-32(37)43)22-12-10-9-11-13-22/h9-13,17,19,23-24,26-30,41,44H,14-16,50H2,1-8H3,(H,38,43)/t17-,19-,23-,24+,26-,27+,28+,29-,30-,34+,35-,36+/m0/s1. The van der Waals surface area contributed by atoms with E-state index < -0.39 is 94.1 Å². The molecule has 3 fully saturated rings. The average Bonchev–Trinajstić information content (AvgIpc) is 3.02. The Kier molecular flexibility index (Phi) is 10.5. The van der Waals surface area contributed by atoms with Gasteiger partial charge in [0.25, 0.3) is 0 Å². The molecule has 2 bridgehead atoms. The minimum Gasteiger partial charge on any atom is -0.456 e. The first-order chi connectivity index (χ1) is 23.3. The van der Waals surface area contributed by atoms with Gasteiger partial charge in [0.15, 0.2) is 23.6 Å². The zero-order chi connectivity index (χ0) is 37.1. The Bertz CT molecular complexity index is 1560. The molecular weight excluding hydrogens is 664 g/mol.